The Morgan fingerprint density at radius 2 is 1.85 bits per heavy atom. The van der Waals surface area contributed by atoms with Crippen LogP contribution in [-0.2, 0) is 0 Å². The Kier molecular flexibility index (Phi) is 3.24. The van der Waals surface area contributed by atoms with Crippen molar-refractivity contribution in [1.29, 1.82) is 0 Å². The first kappa shape index (κ1) is 15.5. The molecule has 5 aromatic rings. The van der Waals surface area contributed by atoms with Gasteiger partial charge in [-0.05, 0) is 37.6 Å². The fourth-order valence-electron chi connectivity index (χ4n) is 3.32. The van der Waals surface area contributed by atoms with E-state index in [1.807, 2.05) is 16.8 Å². The molecule has 7 heteroatoms. The summed E-state index contributed by atoms with van der Waals surface area (Å²) in [5, 5.41) is 19.9. The topological polar surface area (TPSA) is 81.1 Å². The fraction of sp³-hybridized carbons (Fsp3) is 0.100. The summed E-state index contributed by atoms with van der Waals surface area (Å²) in [5.74, 6) is 0.588. The lowest BCUT2D eigenvalue weighted by Crippen LogP contribution is -2.01. The Bertz CT molecular complexity index is 1320. The van der Waals surface area contributed by atoms with E-state index in [2.05, 4.69) is 46.1 Å². The molecule has 0 radical (unpaired) electrons. The van der Waals surface area contributed by atoms with Crippen molar-refractivity contribution in [3.05, 3.63) is 66.1 Å². The van der Waals surface area contributed by atoms with Crippen LogP contribution in [0.4, 0.5) is 0 Å². The van der Waals surface area contributed by atoms with Crippen molar-refractivity contribution in [2.24, 2.45) is 0 Å². The molecular formula is C20H16N6O. The molecule has 0 saturated carbocycles. The van der Waals surface area contributed by atoms with Gasteiger partial charge in [-0.25, -0.2) is 19.2 Å². The Morgan fingerprint density at radius 1 is 1.00 bits per heavy atom. The average molecular weight is 356 g/mol. The van der Waals surface area contributed by atoms with Crippen LogP contribution < -0.4 is 0 Å². The SMILES string of the molecule is Cc1ccc(-n2ncc3c2ncn2nc(-c4ccccc4O)nc32)c(C)c1. The minimum atomic E-state index is 0.142. The summed E-state index contributed by atoms with van der Waals surface area (Å²) in [4.78, 5) is 9.15. The molecule has 1 N–H and O–H groups in total. The summed E-state index contributed by atoms with van der Waals surface area (Å²) in [6, 6.07) is 13.2. The van der Waals surface area contributed by atoms with Gasteiger partial charge in [-0.3, -0.25) is 0 Å². The van der Waals surface area contributed by atoms with Gasteiger partial charge in [-0.15, -0.1) is 5.10 Å². The number of aryl methyl sites for hydroxylation is 2. The molecule has 0 aliphatic carbocycles. The minimum absolute atomic E-state index is 0.142. The molecule has 0 aliphatic heterocycles. The lowest BCUT2D eigenvalue weighted by atomic mass is 10.1. The van der Waals surface area contributed by atoms with E-state index in [1.165, 1.54) is 5.56 Å². The van der Waals surface area contributed by atoms with E-state index in [0.717, 1.165) is 16.6 Å². The molecular weight excluding hydrogens is 340 g/mol. The van der Waals surface area contributed by atoms with Crippen molar-refractivity contribution < 1.29 is 5.11 Å². The normalized spacial score (nSPS) is 11.5. The van der Waals surface area contributed by atoms with E-state index in [4.69, 9.17) is 0 Å². The Hall–Kier alpha value is -3.74. The third kappa shape index (κ3) is 2.36. The second-order valence-electron chi connectivity index (χ2n) is 6.55. The number of para-hydroxylation sites is 1. The van der Waals surface area contributed by atoms with E-state index in [-0.39, 0.29) is 5.75 Å². The summed E-state index contributed by atoms with van der Waals surface area (Å²) in [7, 11) is 0. The number of benzene rings is 2. The summed E-state index contributed by atoms with van der Waals surface area (Å²) in [6.45, 7) is 4.12. The minimum Gasteiger partial charge on any atom is -0.507 e. The van der Waals surface area contributed by atoms with Crippen LogP contribution in [0.15, 0.2) is 55.0 Å². The smallest absolute Gasteiger partial charge is 0.185 e. The Labute approximate surface area is 154 Å². The zero-order valence-corrected chi connectivity index (χ0v) is 14.8. The van der Waals surface area contributed by atoms with Crippen LogP contribution in [0.2, 0.25) is 0 Å². The summed E-state index contributed by atoms with van der Waals surface area (Å²) in [5.41, 5.74) is 5.25. The largest absolute Gasteiger partial charge is 0.507 e. The quantitative estimate of drug-likeness (QED) is 0.524. The van der Waals surface area contributed by atoms with Crippen molar-refractivity contribution in [3.63, 3.8) is 0 Å². The van der Waals surface area contributed by atoms with Crippen molar-refractivity contribution in [3.8, 4) is 22.8 Å². The van der Waals surface area contributed by atoms with Crippen molar-refractivity contribution in [2.75, 3.05) is 0 Å². The highest BCUT2D eigenvalue weighted by Crippen LogP contribution is 2.28. The van der Waals surface area contributed by atoms with Crippen molar-refractivity contribution in [2.45, 2.75) is 13.8 Å². The van der Waals surface area contributed by atoms with Gasteiger partial charge < -0.3 is 5.11 Å². The van der Waals surface area contributed by atoms with Gasteiger partial charge in [0.25, 0.3) is 0 Å². The van der Waals surface area contributed by atoms with Crippen LogP contribution in [-0.4, -0.2) is 34.5 Å². The number of fused-ring (bicyclic) bond motifs is 3. The maximum atomic E-state index is 10.1. The Morgan fingerprint density at radius 3 is 2.67 bits per heavy atom. The van der Waals surface area contributed by atoms with E-state index in [9.17, 15) is 5.11 Å². The summed E-state index contributed by atoms with van der Waals surface area (Å²) >= 11 is 0. The Balaban J connectivity index is 1.73. The van der Waals surface area contributed by atoms with Crippen LogP contribution in [0, 0.1) is 13.8 Å². The summed E-state index contributed by atoms with van der Waals surface area (Å²) in [6.07, 6.45) is 3.37. The maximum Gasteiger partial charge on any atom is 0.185 e. The number of phenolic OH excluding ortho intramolecular Hbond substituents is 1. The van der Waals surface area contributed by atoms with E-state index >= 15 is 0 Å². The monoisotopic (exact) mass is 356 g/mol. The van der Waals surface area contributed by atoms with Crippen molar-refractivity contribution >= 4 is 16.7 Å². The lowest BCUT2D eigenvalue weighted by Gasteiger charge is -2.07. The molecule has 0 unspecified atom stereocenters. The van der Waals surface area contributed by atoms with Crippen LogP contribution in [0.25, 0.3) is 33.8 Å². The molecule has 5 rings (SSSR count). The van der Waals surface area contributed by atoms with Gasteiger partial charge in [0, 0.05) is 0 Å². The predicted molar refractivity (Wildman–Crippen MR) is 102 cm³/mol. The van der Waals surface area contributed by atoms with Gasteiger partial charge in [0.2, 0.25) is 0 Å². The van der Waals surface area contributed by atoms with Gasteiger partial charge in [0.1, 0.15) is 12.1 Å². The number of aromatic nitrogens is 6. The second kappa shape index (κ2) is 5.63. The van der Waals surface area contributed by atoms with Gasteiger partial charge in [0.15, 0.2) is 17.1 Å². The van der Waals surface area contributed by atoms with Gasteiger partial charge >= 0.3 is 0 Å². The van der Waals surface area contributed by atoms with E-state index in [0.29, 0.717) is 22.7 Å². The van der Waals surface area contributed by atoms with E-state index < -0.39 is 0 Å². The van der Waals surface area contributed by atoms with Crippen molar-refractivity contribution in [1.82, 2.24) is 29.4 Å². The molecule has 0 aliphatic rings. The molecule has 0 bridgehead atoms. The highest BCUT2D eigenvalue weighted by Gasteiger charge is 2.16. The number of rotatable bonds is 2. The number of hydrogen-bond acceptors (Lipinski definition) is 5. The fourth-order valence-corrected chi connectivity index (χ4v) is 3.32. The molecule has 0 spiro atoms. The molecule has 27 heavy (non-hydrogen) atoms. The molecule has 132 valence electrons. The average Bonchev–Trinajstić information content (AvgIpc) is 3.26. The number of phenols is 1. The molecule has 3 aromatic heterocycles. The van der Waals surface area contributed by atoms with Crippen LogP contribution in [0.5, 0.6) is 5.75 Å². The molecule has 0 amide bonds. The maximum absolute atomic E-state index is 10.1. The molecule has 3 heterocycles. The third-order valence-corrected chi connectivity index (χ3v) is 4.63. The number of hydrogen-bond donors (Lipinski definition) is 1. The van der Waals surface area contributed by atoms with Crippen LogP contribution >= 0.6 is 0 Å². The van der Waals surface area contributed by atoms with E-state index in [1.54, 1.807) is 35.2 Å². The number of aromatic hydroxyl groups is 1. The third-order valence-electron chi connectivity index (χ3n) is 4.63. The van der Waals surface area contributed by atoms with Crippen LogP contribution in [0.1, 0.15) is 11.1 Å². The highest BCUT2D eigenvalue weighted by atomic mass is 16.3. The first-order chi connectivity index (χ1) is 13.1. The van der Waals surface area contributed by atoms with Gasteiger partial charge in [0.05, 0.1) is 22.8 Å². The molecule has 0 saturated heterocycles. The number of nitrogens with zero attached hydrogens (tertiary/aromatic N) is 6. The van der Waals surface area contributed by atoms with Gasteiger partial charge in [-0.2, -0.15) is 5.10 Å². The van der Waals surface area contributed by atoms with Crippen LogP contribution in [0.3, 0.4) is 0 Å². The standard InChI is InChI=1S/C20H16N6O/c1-12-7-8-16(13(2)9-12)26-19-15(10-22-26)20-23-18(24-25(20)11-21-19)14-5-3-4-6-17(14)27/h3-11,27H,1-2H3. The first-order valence-corrected chi connectivity index (χ1v) is 8.57. The molecule has 2 aromatic carbocycles. The summed E-state index contributed by atoms with van der Waals surface area (Å²) < 4.78 is 3.43. The first-order valence-electron chi connectivity index (χ1n) is 8.57. The zero-order valence-electron chi connectivity index (χ0n) is 14.8. The predicted octanol–water partition coefficient (Wildman–Crippen LogP) is 3.45. The second-order valence-corrected chi connectivity index (χ2v) is 6.55. The van der Waals surface area contributed by atoms with Gasteiger partial charge in [-0.1, -0.05) is 29.8 Å². The molecule has 0 atom stereocenters. The molecule has 7 nitrogen and oxygen atoms in total. The highest BCUT2D eigenvalue weighted by molar-refractivity contribution is 5.90. The molecule has 0 fully saturated rings. The lowest BCUT2D eigenvalue weighted by molar-refractivity contribution is 0.477. The zero-order chi connectivity index (χ0) is 18.5.